The first-order valence-electron chi connectivity index (χ1n) is 17.4. The van der Waals surface area contributed by atoms with Crippen molar-refractivity contribution in [3.05, 3.63) is 47.7 Å². The highest BCUT2D eigenvalue weighted by Crippen LogP contribution is 2.20. The summed E-state index contributed by atoms with van der Waals surface area (Å²) in [6.07, 6.45) is 2.57. The lowest BCUT2D eigenvalue weighted by Gasteiger charge is -2.19. The van der Waals surface area contributed by atoms with Crippen molar-refractivity contribution in [1.82, 2.24) is 34.9 Å². The fourth-order valence-corrected chi connectivity index (χ4v) is 6.65. The molecule has 59 heavy (non-hydrogen) atoms. The normalized spacial score (nSPS) is 12.3. The number of carboxylic acid groups (broad SMARTS) is 2. The summed E-state index contributed by atoms with van der Waals surface area (Å²) in [6, 6.07) is 1.76. The summed E-state index contributed by atoms with van der Waals surface area (Å²) in [5.74, 6) is -6.26. The topological polar surface area (TPSA) is 367 Å². The van der Waals surface area contributed by atoms with Gasteiger partial charge in [0.2, 0.25) is 17.7 Å². The average Bonchev–Trinajstić information content (AvgIpc) is 3.84. The van der Waals surface area contributed by atoms with E-state index in [1.165, 1.54) is 45.3 Å². The van der Waals surface area contributed by atoms with E-state index in [2.05, 4.69) is 57.9 Å². The van der Waals surface area contributed by atoms with Crippen molar-refractivity contribution in [2.45, 2.75) is 29.8 Å². The monoisotopic (exact) mass is 908 g/mol. The summed E-state index contributed by atoms with van der Waals surface area (Å²) >= 11 is 4.33. The molecular weight excluding hydrogens is 864 g/mol. The number of carbonyl (C=O) groups is 8. The molecule has 0 saturated heterocycles. The van der Waals surface area contributed by atoms with Gasteiger partial charge in [0.05, 0.1) is 17.9 Å². The van der Waals surface area contributed by atoms with E-state index in [4.69, 9.17) is 27.4 Å². The second kappa shape index (κ2) is 21.9. The molecule has 0 aliphatic carbocycles. The van der Waals surface area contributed by atoms with E-state index in [0.29, 0.717) is 5.69 Å². The van der Waals surface area contributed by atoms with Gasteiger partial charge in [0.25, 0.3) is 17.7 Å². The second-order valence-electron chi connectivity index (χ2n) is 12.7. The van der Waals surface area contributed by atoms with Crippen LogP contribution in [0.2, 0.25) is 0 Å². The molecule has 24 nitrogen and oxygen atoms in total. The van der Waals surface area contributed by atoms with Crippen molar-refractivity contribution in [2.24, 2.45) is 43.3 Å². The minimum atomic E-state index is -1.31. The number of hydrogen-bond acceptors (Lipinski definition) is 12. The van der Waals surface area contributed by atoms with Gasteiger partial charge in [-0.15, -0.1) is 0 Å². The van der Waals surface area contributed by atoms with Crippen molar-refractivity contribution >= 4 is 98.2 Å². The fourth-order valence-electron chi connectivity index (χ4n) is 5.01. The molecule has 26 heteroatoms. The Kier molecular flexibility index (Phi) is 17.5. The minimum absolute atomic E-state index is 0.0349. The number of aliphatic imine (C=N–C) groups is 1. The maximum absolute atomic E-state index is 13.2. The van der Waals surface area contributed by atoms with Gasteiger partial charge in [-0.3, -0.25) is 48.0 Å². The van der Waals surface area contributed by atoms with Gasteiger partial charge >= 0.3 is 11.9 Å². The van der Waals surface area contributed by atoms with Gasteiger partial charge in [0, 0.05) is 64.1 Å². The molecule has 3 aromatic heterocycles. The standard InChI is InChI=1S/C33H45BrN14O10S/c1-46-12-16(8-21(46)29(54)38-6-7-39-33(36)37)41-30(55)22-9-17(13-47(22)2)42-31(56)23-10-24(45-48(23)3)44-27(52)18(34)14-59-15-20(28(53)40-11-26(50)51)43-25(49)5-4-19(35)32(57)58/h8-10,12-13,18-20H,4-7,11,14-15,35H2,1-3H3,(H,38,54)(H,40,53)(H,41,55)(H,42,56)(H,43,49)(H,50,51)(H,57,58)(H4,36,37,39)(H,44,45,52). The van der Waals surface area contributed by atoms with Crippen LogP contribution in [-0.2, 0) is 45.1 Å². The highest BCUT2D eigenvalue weighted by Gasteiger charge is 2.25. The number of amides is 6. The van der Waals surface area contributed by atoms with Crippen molar-refractivity contribution < 1.29 is 48.6 Å². The van der Waals surface area contributed by atoms with E-state index < -0.39 is 70.8 Å². The lowest BCUT2D eigenvalue weighted by Crippen LogP contribution is -2.49. The molecule has 0 radical (unpaired) electrons. The number of nitrogens with two attached hydrogens (primary N) is 3. The maximum atomic E-state index is 13.2. The molecule has 0 aliphatic rings. The second-order valence-corrected chi connectivity index (χ2v) is 14.8. The zero-order valence-corrected chi connectivity index (χ0v) is 34.4. The van der Waals surface area contributed by atoms with E-state index in [0.717, 1.165) is 11.8 Å². The SMILES string of the molecule is Cn1cc(NC(=O)c2cc(NC(=O)c3cc(NC(=O)C(Br)CSCC(NC(=O)CCC(N)C(=O)O)C(=O)NCC(=O)O)nn3C)cn2C)cc1C(=O)NCCN=C(N)N. The summed E-state index contributed by atoms with van der Waals surface area (Å²) in [4.78, 5) is 102. The highest BCUT2D eigenvalue weighted by molar-refractivity contribution is 9.10. The number of aliphatic carboxylic acids is 2. The molecule has 14 N–H and O–H groups in total. The summed E-state index contributed by atoms with van der Waals surface area (Å²) < 4.78 is 4.26. The highest BCUT2D eigenvalue weighted by atomic mass is 79.9. The summed E-state index contributed by atoms with van der Waals surface area (Å²) in [7, 11) is 4.72. The summed E-state index contributed by atoms with van der Waals surface area (Å²) in [6.45, 7) is -0.316. The number of aromatic nitrogens is 4. The molecule has 3 atom stereocenters. The van der Waals surface area contributed by atoms with Crippen molar-refractivity contribution in [2.75, 3.05) is 47.1 Å². The first-order valence-corrected chi connectivity index (χ1v) is 19.5. The van der Waals surface area contributed by atoms with Crippen LogP contribution in [0.25, 0.3) is 0 Å². The zero-order chi connectivity index (χ0) is 44.0. The number of thioether (sulfide) groups is 1. The molecule has 3 unspecified atom stereocenters. The third-order valence-electron chi connectivity index (χ3n) is 7.94. The van der Waals surface area contributed by atoms with E-state index in [1.807, 2.05) is 0 Å². The number of guanidine groups is 1. The lowest BCUT2D eigenvalue weighted by molar-refractivity contribution is -0.139. The summed E-state index contributed by atoms with van der Waals surface area (Å²) in [5, 5.41) is 37.3. The number of aryl methyl sites for hydroxylation is 3. The van der Waals surface area contributed by atoms with Gasteiger partial charge in [-0.05, 0) is 18.6 Å². The van der Waals surface area contributed by atoms with Gasteiger partial charge in [-0.2, -0.15) is 16.9 Å². The number of anilines is 3. The first-order chi connectivity index (χ1) is 27.7. The molecule has 3 heterocycles. The number of carbonyl (C=O) groups excluding carboxylic acids is 6. The number of rotatable bonds is 22. The number of alkyl halides is 1. The summed E-state index contributed by atoms with van der Waals surface area (Å²) in [5.41, 5.74) is 17.1. The van der Waals surface area contributed by atoms with Gasteiger partial charge in [-0.1, -0.05) is 15.9 Å². The molecule has 0 aromatic carbocycles. The number of nitrogens with one attached hydrogen (secondary N) is 6. The number of hydrogen-bond donors (Lipinski definition) is 11. The van der Waals surface area contributed by atoms with Crippen molar-refractivity contribution in [3.63, 3.8) is 0 Å². The molecule has 0 saturated carbocycles. The molecule has 3 rings (SSSR count). The first kappa shape index (κ1) is 47.0. The van der Waals surface area contributed by atoms with Crippen LogP contribution in [0.5, 0.6) is 0 Å². The van der Waals surface area contributed by atoms with Gasteiger partial charge in [0.15, 0.2) is 11.8 Å². The van der Waals surface area contributed by atoms with Crippen LogP contribution in [0.3, 0.4) is 0 Å². The third kappa shape index (κ3) is 14.8. The Morgan fingerprint density at radius 1 is 0.831 bits per heavy atom. The van der Waals surface area contributed by atoms with E-state index in [1.54, 1.807) is 20.3 Å². The van der Waals surface area contributed by atoms with Gasteiger partial charge in [-0.25, -0.2) is 0 Å². The van der Waals surface area contributed by atoms with Gasteiger partial charge in [0.1, 0.15) is 40.5 Å². The Morgan fingerprint density at radius 3 is 2.00 bits per heavy atom. The van der Waals surface area contributed by atoms with Crippen molar-refractivity contribution in [3.8, 4) is 0 Å². The molecule has 0 fully saturated rings. The molecule has 3 aromatic rings. The molecule has 0 bridgehead atoms. The lowest BCUT2D eigenvalue weighted by atomic mass is 10.1. The Balaban J connectivity index is 1.55. The van der Waals surface area contributed by atoms with E-state index in [-0.39, 0.29) is 72.0 Å². The van der Waals surface area contributed by atoms with Crippen LogP contribution in [-0.4, -0.2) is 131 Å². The van der Waals surface area contributed by atoms with Crippen LogP contribution < -0.4 is 49.1 Å². The number of nitrogens with zero attached hydrogens (tertiary/aromatic N) is 5. The van der Waals surface area contributed by atoms with E-state index in [9.17, 15) is 38.4 Å². The van der Waals surface area contributed by atoms with Crippen LogP contribution in [0.15, 0.2) is 35.6 Å². The Hall–Kier alpha value is -6.41. The number of halogens is 1. The third-order valence-corrected chi connectivity index (χ3v) is 10.3. The average molecular weight is 910 g/mol. The predicted octanol–water partition coefficient (Wildman–Crippen LogP) is -2.08. The fraction of sp³-hybridized carbons (Fsp3) is 0.394. The van der Waals surface area contributed by atoms with E-state index >= 15 is 0 Å². The zero-order valence-electron chi connectivity index (χ0n) is 32.0. The Bertz CT molecular complexity index is 2090. The minimum Gasteiger partial charge on any atom is -0.480 e. The maximum Gasteiger partial charge on any atom is 0.322 e. The molecular formula is C33H45BrN14O10S. The predicted molar refractivity (Wildman–Crippen MR) is 219 cm³/mol. The Morgan fingerprint density at radius 2 is 1.42 bits per heavy atom. The quantitative estimate of drug-likeness (QED) is 0.0223. The Labute approximate surface area is 348 Å². The van der Waals surface area contributed by atoms with Crippen LogP contribution in [0.1, 0.15) is 44.3 Å². The van der Waals surface area contributed by atoms with Crippen LogP contribution >= 0.6 is 27.7 Å². The molecule has 6 amide bonds. The largest absolute Gasteiger partial charge is 0.480 e. The molecule has 320 valence electrons. The smallest absolute Gasteiger partial charge is 0.322 e. The number of carboxylic acids is 2. The van der Waals surface area contributed by atoms with Gasteiger partial charge < -0.3 is 68.4 Å². The molecule has 0 spiro atoms. The molecule has 0 aliphatic heterocycles. The van der Waals surface area contributed by atoms with Crippen molar-refractivity contribution in [1.29, 1.82) is 0 Å². The van der Waals surface area contributed by atoms with Crippen LogP contribution in [0.4, 0.5) is 17.2 Å². The van der Waals surface area contributed by atoms with Crippen LogP contribution in [0, 0.1) is 0 Å².